The molecule has 5 heteroatoms. The quantitative estimate of drug-likeness (QED) is 0.897. The molecule has 1 rings (SSSR count). The van der Waals surface area contributed by atoms with Crippen LogP contribution in [0.2, 0.25) is 0 Å². The normalized spacial score (nSPS) is 15.2. The zero-order valence-electron chi connectivity index (χ0n) is 10.6. The highest BCUT2D eigenvalue weighted by Gasteiger charge is 2.42. The van der Waals surface area contributed by atoms with E-state index in [1.807, 2.05) is 0 Å². The fraction of sp³-hybridized carbons (Fsp3) is 0.462. The van der Waals surface area contributed by atoms with Crippen LogP contribution in [-0.2, 0) is 10.2 Å². The molecule has 1 atom stereocenters. The van der Waals surface area contributed by atoms with Crippen molar-refractivity contribution in [1.29, 1.82) is 0 Å². The Morgan fingerprint density at radius 2 is 2.00 bits per heavy atom. The van der Waals surface area contributed by atoms with Crippen LogP contribution in [0, 0.1) is 5.82 Å². The minimum absolute atomic E-state index is 0.124. The molecule has 1 aromatic rings. The molecule has 0 heterocycles. The van der Waals surface area contributed by atoms with Gasteiger partial charge in [-0.3, -0.25) is 4.79 Å². The molecule has 1 unspecified atom stereocenters. The van der Waals surface area contributed by atoms with Gasteiger partial charge in [0.25, 0.3) is 0 Å². The molecule has 0 aliphatic carbocycles. The van der Waals surface area contributed by atoms with Crippen molar-refractivity contribution in [2.24, 2.45) is 5.73 Å². The maximum absolute atomic E-state index is 13.1. The minimum atomic E-state index is -0.938. The van der Waals surface area contributed by atoms with Gasteiger partial charge >= 0.3 is 5.97 Å². The smallest absolute Gasteiger partial charge is 0.304 e. The molecule has 0 bridgehead atoms. The highest BCUT2D eigenvalue weighted by Crippen LogP contribution is 2.40. The van der Waals surface area contributed by atoms with Crippen LogP contribution in [0.25, 0.3) is 0 Å². The average Bonchev–Trinajstić information content (AvgIpc) is 2.13. The number of hydrogen-bond donors (Lipinski definition) is 2. The summed E-state index contributed by atoms with van der Waals surface area (Å²) in [6.45, 7) is 5.32. The van der Waals surface area contributed by atoms with Gasteiger partial charge in [0, 0.05) is 15.4 Å². The van der Waals surface area contributed by atoms with Crippen LogP contribution in [0.1, 0.15) is 32.8 Å². The molecule has 0 radical (unpaired) electrons. The van der Waals surface area contributed by atoms with Gasteiger partial charge in [-0.05, 0) is 31.5 Å². The number of carboxylic acid groups (broad SMARTS) is 1. The number of carbonyl (C=O) groups is 1. The molecule has 0 saturated carbocycles. The second kappa shape index (κ2) is 4.97. The molecule has 3 nitrogen and oxygen atoms in total. The second-order valence-electron chi connectivity index (χ2n) is 5.25. The van der Waals surface area contributed by atoms with E-state index in [0.29, 0.717) is 10.0 Å². The second-order valence-corrected chi connectivity index (χ2v) is 6.10. The first-order chi connectivity index (χ1) is 8.08. The molecule has 0 aliphatic rings. The van der Waals surface area contributed by atoms with Gasteiger partial charge in [0.05, 0.1) is 6.42 Å². The number of nitrogens with two attached hydrogens (primary N) is 1. The SMILES string of the molecule is CC(C)(N)C(C)(CC(=O)O)c1ccc(F)cc1Br. The zero-order chi connectivity index (χ0) is 14.1. The van der Waals surface area contributed by atoms with E-state index in [2.05, 4.69) is 15.9 Å². The Hall–Kier alpha value is -0.940. The average molecular weight is 318 g/mol. The van der Waals surface area contributed by atoms with Crippen LogP contribution in [0.15, 0.2) is 22.7 Å². The maximum Gasteiger partial charge on any atom is 0.304 e. The Morgan fingerprint density at radius 3 is 2.39 bits per heavy atom. The standard InChI is InChI=1S/C13H17BrFNO2/c1-12(2,16)13(3,7-11(17)18)9-5-4-8(15)6-10(9)14/h4-6H,7,16H2,1-3H3,(H,17,18). The summed E-state index contributed by atoms with van der Waals surface area (Å²) in [5, 5.41) is 9.07. The lowest BCUT2D eigenvalue weighted by Crippen LogP contribution is -2.53. The van der Waals surface area contributed by atoms with E-state index in [1.165, 1.54) is 12.1 Å². The molecule has 3 N–H and O–H groups in total. The summed E-state index contributed by atoms with van der Waals surface area (Å²) in [6, 6.07) is 4.21. The van der Waals surface area contributed by atoms with Crippen LogP contribution in [-0.4, -0.2) is 16.6 Å². The van der Waals surface area contributed by atoms with E-state index in [1.54, 1.807) is 26.8 Å². The lowest BCUT2D eigenvalue weighted by Gasteiger charge is -2.41. The van der Waals surface area contributed by atoms with Gasteiger partial charge in [0.15, 0.2) is 0 Å². The number of rotatable bonds is 4. The Labute approximate surface area is 114 Å². The molecule has 0 aromatic heterocycles. The van der Waals surface area contributed by atoms with Crippen molar-refractivity contribution < 1.29 is 14.3 Å². The summed E-state index contributed by atoms with van der Waals surface area (Å²) >= 11 is 3.28. The highest BCUT2D eigenvalue weighted by atomic mass is 79.9. The van der Waals surface area contributed by atoms with E-state index in [9.17, 15) is 9.18 Å². The van der Waals surface area contributed by atoms with Crippen molar-refractivity contribution >= 4 is 21.9 Å². The first-order valence-electron chi connectivity index (χ1n) is 5.54. The van der Waals surface area contributed by atoms with Gasteiger partial charge in [-0.25, -0.2) is 4.39 Å². The zero-order valence-corrected chi connectivity index (χ0v) is 12.2. The fourth-order valence-electron chi connectivity index (χ4n) is 1.91. The van der Waals surface area contributed by atoms with Gasteiger partial charge in [-0.1, -0.05) is 28.9 Å². The predicted molar refractivity (Wildman–Crippen MR) is 72.0 cm³/mol. The molecular formula is C13H17BrFNO2. The van der Waals surface area contributed by atoms with Gasteiger partial charge in [0.1, 0.15) is 5.82 Å². The monoisotopic (exact) mass is 317 g/mol. The van der Waals surface area contributed by atoms with Crippen molar-refractivity contribution in [2.75, 3.05) is 0 Å². The number of benzene rings is 1. The Morgan fingerprint density at radius 1 is 1.44 bits per heavy atom. The van der Waals surface area contributed by atoms with Crippen molar-refractivity contribution in [2.45, 2.75) is 38.1 Å². The molecule has 100 valence electrons. The Bertz CT molecular complexity index is 471. The summed E-state index contributed by atoms with van der Waals surface area (Å²) in [6.07, 6.45) is -0.124. The molecule has 0 saturated heterocycles. The topological polar surface area (TPSA) is 63.3 Å². The molecule has 0 aliphatic heterocycles. The largest absolute Gasteiger partial charge is 0.481 e. The Balaban J connectivity index is 3.39. The van der Waals surface area contributed by atoms with Crippen LogP contribution in [0.3, 0.4) is 0 Å². The number of carboxylic acids is 1. The van der Waals surface area contributed by atoms with E-state index in [0.717, 1.165) is 0 Å². The number of aliphatic carboxylic acids is 1. The van der Waals surface area contributed by atoms with E-state index in [-0.39, 0.29) is 12.2 Å². The lowest BCUT2D eigenvalue weighted by molar-refractivity contribution is -0.139. The summed E-state index contributed by atoms with van der Waals surface area (Å²) in [4.78, 5) is 11.1. The van der Waals surface area contributed by atoms with Crippen molar-refractivity contribution in [1.82, 2.24) is 0 Å². The first-order valence-corrected chi connectivity index (χ1v) is 6.33. The third kappa shape index (κ3) is 2.90. The number of hydrogen-bond acceptors (Lipinski definition) is 2. The van der Waals surface area contributed by atoms with Gasteiger partial charge in [-0.15, -0.1) is 0 Å². The predicted octanol–water partition coefficient (Wildman–Crippen LogP) is 3.06. The maximum atomic E-state index is 13.1. The summed E-state index contributed by atoms with van der Waals surface area (Å²) < 4.78 is 13.6. The Kier molecular flexibility index (Phi) is 4.18. The third-order valence-corrected chi connectivity index (χ3v) is 4.11. The van der Waals surface area contributed by atoms with E-state index in [4.69, 9.17) is 10.8 Å². The first kappa shape index (κ1) is 15.1. The fourth-order valence-corrected chi connectivity index (χ4v) is 2.70. The van der Waals surface area contributed by atoms with Gasteiger partial charge in [0.2, 0.25) is 0 Å². The summed E-state index contributed by atoms with van der Waals surface area (Å²) in [7, 11) is 0. The molecule has 0 fully saturated rings. The van der Waals surface area contributed by atoms with E-state index < -0.39 is 16.9 Å². The highest BCUT2D eigenvalue weighted by molar-refractivity contribution is 9.10. The number of halogens is 2. The minimum Gasteiger partial charge on any atom is -0.481 e. The van der Waals surface area contributed by atoms with Crippen LogP contribution < -0.4 is 5.73 Å². The molecule has 18 heavy (non-hydrogen) atoms. The molecule has 0 spiro atoms. The molecule has 0 amide bonds. The van der Waals surface area contributed by atoms with E-state index >= 15 is 0 Å². The molecular weight excluding hydrogens is 301 g/mol. The molecule has 1 aromatic carbocycles. The van der Waals surface area contributed by atoms with Crippen molar-refractivity contribution in [3.8, 4) is 0 Å². The third-order valence-electron chi connectivity index (χ3n) is 3.45. The van der Waals surface area contributed by atoms with Crippen molar-refractivity contribution in [3.05, 3.63) is 34.1 Å². The lowest BCUT2D eigenvalue weighted by atomic mass is 9.66. The van der Waals surface area contributed by atoms with Gasteiger partial charge in [-0.2, -0.15) is 0 Å². The van der Waals surface area contributed by atoms with Crippen LogP contribution >= 0.6 is 15.9 Å². The summed E-state index contributed by atoms with van der Waals surface area (Å²) in [5.74, 6) is -1.31. The van der Waals surface area contributed by atoms with Crippen molar-refractivity contribution in [3.63, 3.8) is 0 Å². The van der Waals surface area contributed by atoms with Crippen LogP contribution in [0.4, 0.5) is 4.39 Å². The van der Waals surface area contributed by atoms with Gasteiger partial charge < -0.3 is 10.8 Å². The summed E-state index contributed by atoms with van der Waals surface area (Å²) in [5.41, 5.74) is 5.26. The van der Waals surface area contributed by atoms with Crippen LogP contribution in [0.5, 0.6) is 0 Å².